The van der Waals surface area contributed by atoms with Crippen LogP contribution in [0.5, 0.6) is 0 Å². The Balaban J connectivity index is 2.23. The van der Waals surface area contributed by atoms with Gasteiger partial charge in [-0.25, -0.2) is 0 Å². The highest BCUT2D eigenvalue weighted by Gasteiger charge is 2.07. The van der Waals surface area contributed by atoms with E-state index < -0.39 is 4.92 Å². The summed E-state index contributed by atoms with van der Waals surface area (Å²) in [6.45, 7) is 1.09. The quantitative estimate of drug-likeness (QED) is 0.622. The topological polar surface area (TPSA) is 99.9 Å². The van der Waals surface area contributed by atoms with Gasteiger partial charge in [0.25, 0.3) is 5.69 Å². The van der Waals surface area contributed by atoms with Crippen LogP contribution >= 0.6 is 0 Å². The molecule has 0 bridgehead atoms. The minimum absolute atomic E-state index is 0.0584. The normalized spacial score (nSPS) is 10.4. The third-order valence-corrected chi connectivity index (χ3v) is 2.27. The van der Waals surface area contributed by atoms with Crippen molar-refractivity contribution in [2.24, 2.45) is 5.73 Å². The standard InChI is InChI=1S/C10H11N5O2/c11-5-6-14-7-10(12-13-14)8-1-3-9(4-2-8)15(16)17/h1-4,7H,5-6,11H2. The molecule has 0 saturated heterocycles. The van der Waals surface area contributed by atoms with Crippen molar-refractivity contribution in [1.82, 2.24) is 15.0 Å². The number of non-ortho nitro benzene ring substituents is 1. The smallest absolute Gasteiger partial charge is 0.269 e. The highest BCUT2D eigenvalue weighted by atomic mass is 16.6. The van der Waals surface area contributed by atoms with Crippen molar-refractivity contribution in [1.29, 1.82) is 0 Å². The molecule has 0 fully saturated rings. The van der Waals surface area contributed by atoms with Gasteiger partial charge in [0.05, 0.1) is 17.7 Å². The van der Waals surface area contributed by atoms with Crippen molar-refractivity contribution in [3.63, 3.8) is 0 Å². The molecule has 1 aromatic carbocycles. The Morgan fingerprint density at radius 2 is 2.06 bits per heavy atom. The Kier molecular flexibility index (Phi) is 3.10. The SMILES string of the molecule is NCCn1cc(-c2ccc([N+](=O)[O-])cc2)nn1. The van der Waals surface area contributed by atoms with Crippen molar-refractivity contribution in [2.45, 2.75) is 6.54 Å². The molecule has 7 nitrogen and oxygen atoms in total. The number of nitro benzene ring substituents is 1. The lowest BCUT2D eigenvalue weighted by atomic mass is 10.1. The van der Waals surface area contributed by atoms with Crippen molar-refractivity contribution in [3.05, 3.63) is 40.6 Å². The number of benzene rings is 1. The first-order valence-corrected chi connectivity index (χ1v) is 5.06. The highest BCUT2D eigenvalue weighted by molar-refractivity contribution is 5.59. The molecule has 2 N–H and O–H groups in total. The van der Waals surface area contributed by atoms with Crippen molar-refractivity contribution >= 4 is 5.69 Å². The fourth-order valence-corrected chi connectivity index (χ4v) is 1.43. The van der Waals surface area contributed by atoms with Gasteiger partial charge in [-0.1, -0.05) is 5.21 Å². The minimum atomic E-state index is -0.435. The molecule has 0 unspecified atom stereocenters. The maximum Gasteiger partial charge on any atom is 0.269 e. The number of rotatable bonds is 4. The molecule has 0 atom stereocenters. The maximum atomic E-state index is 10.5. The van der Waals surface area contributed by atoms with E-state index in [2.05, 4.69) is 10.3 Å². The molecule has 1 heterocycles. The summed E-state index contributed by atoms with van der Waals surface area (Å²) in [6.07, 6.45) is 1.76. The largest absolute Gasteiger partial charge is 0.329 e. The minimum Gasteiger partial charge on any atom is -0.329 e. The van der Waals surface area contributed by atoms with Gasteiger partial charge >= 0.3 is 0 Å². The van der Waals surface area contributed by atoms with Gasteiger partial charge in [-0.2, -0.15) is 0 Å². The summed E-state index contributed by atoms with van der Waals surface area (Å²) in [6, 6.07) is 6.18. The van der Waals surface area contributed by atoms with Crippen LogP contribution < -0.4 is 5.73 Å². The lowest BCUT2D eigenvalue weighted by molar-refractivity contribution is -0.384. The molecular weight excluding hydrogens is 222 g/mol. The summed E-state index contributed by atoms with van der Waals surface area (Å²) >= 11 is 0. The number of nitrogens with zero attached hydrogens (tertiary/aromatic N) is 4. The molecular formula is C10H11N5O2. The molecule has 17 heavy (non-hydrogen) atoms. The Morgan fingerprint density at radius 3 is 2.65 bits per heavy atom. The summed E-state index contributed by atoms with van der Waals surface area (Å²) in [5, 5.41) is 18.4. The van der Waals surface area contributed by atoms with Crippen molar-refractivity contribution < 1.29 is 4.92 Å². The van der Waals surface area contributed by atoms with Gasteiger partial charge in [0.15, 0.2) is 0 Å². The van der Waals surface area contributed by atoms with Gasteiger partial charge in [0.2, 0.25) is 0 Å². The second-order valence-electron chi connectivity index (χ2n) is 3.46. The Labute approximate surface area is 97.0 Å². The molecule has 2 rings (SSSR count). The van der Waals surface area contributed by atoms with E-state index >= 15 is 0 Å². The van der Waals surface area contributed by atoms with Crippen LogP contribution in [-0.2, 0) is 6.54 Å². The summed E-state index contributed by atoms with van der Waals surface area (Å²) in [4.78, 5) is 10.1. The van der Waals surface area contributed by atoms with Crippen LogP contribution in [0, 0.1) is 10.1 Å². The predicted molar refractivity (Wildman–Crippen MR) is 61.2 cm³/mol. The van der Waals surface area contributed by atoms with E-state index in [1.165, 1.54) is 12.1 Å². The number of hydrogen-bond acceptors (Lipinski definition) is 5. The van der Waals surface area contributed by atoms with E-state index in [0.29, 0.717) is 18.8 Å². The highest BCUT2D eigenvalue weighted by Crippen LogP contribution is 2.19. The van der Waals surface area contributed by atoms with E-state index in [1.807, 2.05) is 0 Å². The molecule has 0 aliphatic rings. The van der Waals surface area contributed by atoms with Crippen molar-refractivity contribution in [2.75, 3.05) is 6.54 Å². The second-order valence-corrected chi connectivity index (χ2v) is 3.46. The molecule has 0 spiro atoms. The van der Waals surface area contributed by atoms with E-state index in [-0.39, 0.29) is 5.69 Å². The van der Waals surface area contributed by atoms with Crippen LogP contribution in [0.1, 0.15) is 0 Å². The van der Waals surface area contributed by atoms with Gasteiger partial charge in [0, 0.05) is 24.2 Å². The van der Waals surface area contributed by atoms with Gasteiger partial charge in [-0.15, -0.1) is 5.10 Å². The van der Waals surface area contributed by atoms with Crippen LogP contribution in [0.3, 0.4) is 0 Å². The predicted octanol–water partition coefficient (Wildman–Crippen LogP) is 0.812. The third-order valence-electron chi connectivity index (χ3n) is 2.27. The van der Waals surface area contributed by atoms with E-state index in [1.54, 1.807) is 23.0 Å². The van der Waals surface area contributed by atoms with Gasteiger partial charge in [-0.3, -0.25) is 14.8 Å². The molecule has 88 valence electrons. The molecule has 2 aromatic rings. The number of nitrogens with two attached hydrogens (primary N) is 1. The van der Waals surface area contributed by atoms with Crippen molar-refractivity contribution in [3.8, 4) is 11.3 Å². The first-order chi connectivity index (χ1) is 8.20. The van der Waals surface area contributed by atoms with E-state index in [9.17, 15) is 10.1 Å². The first kappa shape index (κ1) is 11.2. The summed E-state index contributed by atoms with van der Waals surface area (Å²) in [5.74, 6) is 0. The zero-order valence-electron chi connectivity index (χ0n) is 8.98. The zero-order valence-corrected chi connectivity index (χ0v) is 8.98. The van der Waals surface area contributed by atoms with Gasteiger partial charge in [-0.05, 0) is 12.1 Å². The Bertz CT molecular complexity index is 520. The van der Waals surface area contributed by atoms with Crippen LogP contribution in [0.25, 0.3) is 11.3 Å². The molecule has 0 aliphatic heterocycles. The lowest BCUT2D eigenvalue weighted by Crippen LogP contribution is -2.10. The second kappa shape index (κ2) is 4.71. The van der Waals surface area contributed by atoms with Crippen LogP contribution in [0.4, 0.5) is 5.69 Å². The van der Waals surface area contributed by atoms with E-state index in [0.717, 1.165) is 5.56 Å². The lowest BCUT2D eigenvalue weighted by Gasteiger charge is -1.95. The van der Waals surface area contributed by atoms with Gasteiger partial charge in [0.1, 0.15) is 5.69 Å². The molecule has 0 aliphatic carbocycles. The average Bonchev–Trinajstić information content (AvgIpc) is 2.78. The number of hydrogen-bond donors (Lipinski definition) is 1. The molecule has 1 aromatic heterocycles. The average molecular weight is 233 g/mol. The molecule has 0 radical (unpaired) electrons. The molecule has 0 amide bonds. The van der Waals surface area contributed by atoms with E-state index in [4.69, 9.17) is 5.73 Å². The molecule has 7 heteroatoms. The maximum absolute atomic E-state index is 10.5. The fourth-order valence-electron chi connectivity index (χ4n) is 1.43. The summed E-state index contributed by atoms with van der Waals surface area (Å²) < 4.78 is 1.64. The fraction of sp³-hybridized carbons (Fsp3) is 0.200. The first-order valence-electron chi connectivity index (χ1n) is 5.06. The molecule has 0 saturated carbocycles. The monoisotopic (exact) mass is 233 g/mol. The third kappa shape index (κ3) is 2.45. The number of nitro groups is 1. The van der Waals surface area contributed by atoms with Crippen LogP contribution in [0.15, 0.2) is 30.5 Å². The zero-order chi connectivity index (χ0) is 12.3. The summed E-state index contributed by atoms with van der Waals surface area (Å²) in [7, 11) is 0. The summed E-state index contributed by atoms with van der Waals surface area (Å²) in [5.41, 5.74) is 6.92. The van der Waals surface area contributed by atoms with Crippen LogP contribution in [-0.4, -0.2) is 26.5 Å². The Morgan fingerprint density at radius 1 is 1.35 bits per heavy atom. The number of aromatic nitrogens is 3. The Hall–Kier alpha value is -2.28. The van der Waals surface area contributed by atoms with Gasteiger partial charge < -0.3 is 5.73 Å². The van der Waals surface area contributed by atoms with Crippen LogP contribution in [0.2, 0.25) is 0 Å².